The summed E-state index contributed by atoms with van der Waals surface area (Å²) in [6.45, 7) is 0.119. The number of aliphatic hydroxyl groups is 1. The summed E-state index contributed by atoms with van der Waals surface area (Å²) in [5.74, 6) is -1.55. The number of rotatable bonds is 8. The number of Topliss-reactive ketones (excluding diaryl/α,β-unsaturated/α-hetero) is 1. The molecule has 9 nitrogen and oxygen atoms in total. The van der Waals surface area contributed by atoms with Gasteiger partial charge in [0.15, 0.2) is 28.8 Å². The highest BCUT2D eigenvalue weighted by Crippen LogP contribution is 2.54. The predicted octanol–water partition coefficient (Wildman–Crippen LogP) is 3.52. The molecule has 3 aromatic carbocycles. The average Bonchev–Trinajstić information content (AvgIpc) is 3.36. The van der Waals surface area contributed by atoms with Crippen molar-refractivity contribution in [2.45, 2.75) is 12.2 Å². The second-order valence-corrected chi connectivity index (χ2v) is 9.08. The van der Waals surface area contributed by atoms with Crippen LogP contribution in [0.15, 0.2) is 54.6 Å². The Kier molecular flexibility index (Phi) is 6.62. The van der Waals surface area contributed by atoms with E-state index in [-0.39, 0.29) is 47.2 Å². The molecule has 1 saturated heterocycles. The van der Waals surface area contributed by atoms with Crippen LogP contribution in [0.2, 0.25) is 0 Å². The molecule has 2 aliphatic rings. The van der Waals surface area contributed by atoms with Crippen molar-refractivity contribution in [3.63, 3.8) is 0 Å². The van der Waals surface area contributed by atoms with Gasteiger partial charge in [0.1, 0.15) is 24.7 Å². The number of cyclic esters (lactones) is 1. The lowest BCUT2D eigenvalue weighted by atomic mass is 9.63. The van der Waals surface area contributed by atoms with Gasteiger partial charge in [-0.2, -0.15) is 0 Å². The monoisotopic (exact) mass is 520 g/mol. The van der Waals surface area contributed by atoms with E-state index in [1.54, 1.807) is 12.1 Å². The molecular formula is C29H28O9. The third kappa shape index (κ3) is 3.90. The molecule has 5 rings (SSSR count). The Labute approximate surface area is 219 Å². The van der Waals surface area contributed by atoms with E-state index >= 15 is 0 Å². The highest BCUT2D eigenvalue weighted by atomic mass is 16.5. The molecule has 0 unspecified atom stereocenters. The fourth-order valence-electron chi connectivity index (χ4n) is 5.28. The number of benzene rings is 3. The summed E-state index contributed by atoms with van der Waals surface area (Å²) in [7, 11) is 5.85. The van der Waals surface area contributed by atoms with Gasteiger partial charge < -0.3 is 33.5 Å². The van der Waals surface area contributed by atoms with Crippen LogP contribution in [0.25, 0.3) is 0 Å². The van der Waals surface area contributed by atoms with E-state index in [2.05, 4.69) is 0 Å². The first kappa shape index (κ1) is 25.4. The van der Waals surface area contributed by atoms with Crippen LogP contribution in [-0.4, -0.2) is 51.9 Å². The zero-order chi connectivity index (χ0) is 27.0. The van der Waals surface area contributed by atoms with Crippen LogP contribution in [0.3, 0.4) is 0 Å². The topological polar surface area (TPSA) is 110 Å². The number of carbonyl (C=O) groups is 2. The van der Waals surface area contributed by atoms with Crippen molar-refractivity contribution >= 4 is 11.8 Å². The van der Waals surface area contributed by atoms with Gasteiger partial charge in [0.2, 0.25) is 5.75 Å². The first-order valence-electron chi connectivity index (χ1n) is 12.0. The number of carbonyl (C=O) groups excluding carboxylic acids is 2. The zero-order valence-electron chi connectivity index (χ0n) is 21.5. The van der Waals surface area contributed by atoms with Crippen LogP contribution in [-0.2, 0) is 21.7 Å². The van der Waals surface area contributed by atoms with Gasteiger partial charge in [-0.05, 0) is 35.4 Å². The van der Waals surface area contributed by atoms with E-state index in [0.717, 1.165) is 5.56 Å². The van der Waals surface area contributed by atoms with Crippen LogP contribution in [0.5, 0.6) is 28.7 Å². The van der Waals surface area contributed by atoms with Crippen molar-refractivity contribution in [1.82, 2.24) is 0 Å². The molecule has 9 heteroatoms. The molecular weight excluding hydrogens is 492 g/mol. The first-order valence-corrected chi connectivity index (χ1v) is 12.0. The van der Waals surface area contributed by atoms with Gasteiger partial charge >= 0.3 is 5.97 Å². The van der Waals surface area contributed by atoms with Gasteiger partial charge in [0, 0.05) is 11.1 Å². The predicted molar refractivity (Wildman–Crippen MR) is 135 cm³/mol. The lowest BCUT2D eigenvalue weighted by molar-refractivity contribution is -0.147. The number of fused-ring (bicyclic) bond motifs is 2. The molecule has 0 aromatic heterocycles. The van der Waals surface area contributed by atoms with E-state index in [1.165, 1.54) is 40.6 Å². The standard InChI is InChI=1S/C29H28O9/c1-33-21-12-18-20(13-22(21)34-2)29(32,25-19(26(18)30)15-38-28(25)31)17-10-23(35-3)27(24(11-17)36-4)37-14-16-8-6-5-7-9-16/h5-13,19,25,32H,14-15H2,1-4H3/t19-,25-,29+/m1/s1. The summed E-state index contributed by atoms with van der Waals surface area (Å²) in [5.41, 5.74) is -0.349. The van der Waals surface area contributed by atoms with E-state index in [4.69, 9.17) is 28.4 Å². The van der Waals surface area contributed by atoms with Gasteiger partial charge in [-0.1, -0.05) is 30.3 Å². The second kappa shape index (κ2) is 9.90. The molecule has 1 fully saturated rings. The molecule has 198 valence electrons. The third-order valence-electron chi connectivity index (χ3n) is 7.17. The average molecular weight is 521 g/mol. The Bertz CT molecular complexity index is 1360. The summed E-state index contributed by atoms with van der Waals surface area (Å²) in [6.07, 6.45) is 0. The molecule has 1 aliphatic heterocycles. The fourth-order valence-corrected chi connectivity index (χ4v) is 5.28. The van der Waals surface area contributed by atoms with Crippen LogP contribution in [0, 0.1) is 11.8 Å². The lowest BCUT2D eigenvalue weighted by Gasteiger charge is -2.40. The van der Waals surface area contributed by atoms with Crippen molar-refractivity contribution < 1.29 is 43.1 Å². The molecule has 38 heavy (non-hydrogen) atoms. The fraction of sp³-hybridized carbons (Fsp3) is 0.310. The maximum Gasteiger partial charge on any atom is 0.313 e. The van der Waals surface area contributed by atoms with Crippen LogP contribution < -0.4 is 23.7 Å². The van der Waals surface area contributed by atoms with Crippen LogP contribution >= 0.6 is 0 Å². The molecule has 0 saturated carbocycles. The number of ether oxygens (including phenoxy) is 6. The van der Waals surface area contributed by atoms with E-state index < -0.39 is 23.4 Å². The molecule has 0 radical (unpaired) electrons. The number of ketones is 1. The Balaban J connectivity index is 1.69. The lowest BCUT2D eigenvalue weighted by Crippen LogP contribution is -2.49. The summed E-state index contributed by atoms with van der Waals surface area (Å²) < 4.78 is 33.5. The van der Waals surface area contributed by atoms with Gasteiger partial charge in [-0.25, -0.2) is 0 Å². The maximum atomic E-state index is 13.4. The SMILES string of the molecule is COc1cc2c(cc1OC)[C@@](O)(c1cc(OC)c(OCc3ccccc3)c(OC)c1)[C@H]1C(=O)OC[C@H]1C2=O. The van der Waals surface area contributed by atoms with Gasteiger partial charge in [0.05, 0.1) is 34.4 Å². The Morgan fingerprint density at radius 2 is 1.47 bits per heavy atom. The highest BCUT2D eigenvalue weighted by Gasteiger charge is 2.60. The number of hydrogen-bond acceptors (Lipinski definition) is 9. The minimum Gasteiger partial charge on any atom is -0.493 e. The number of methoxy groups -OCH3 is 4. The Morgan fingerprint density at radius 3 is 2.08 bits per heavy atom. The number of esters is 1. The summed E-state index contributed by atoms with van der Waals surface area (Å²) in [6, 6.07) is 15.8. The minimum absolute atomic E-state index is 0.134. The van der Waals surface area contributed by atoms with Gasteiger partial charge in [-0.15, -0.1) is 0 Å². The van der Waals surface area contributed by atoms with Crippen molar-refractivity contribution in [3.05, 3.63) is 76.9 Å². The largest absolute Gasteiger partial charge is 0.493 e. The Morgan fingerprint density at radius 1 is 0.868 bits per heavy atom. The highest BCUT2D eigenvalue weighted by molar-refractivity contribution is 6.06. The quantitative estimate of drug-likeness (QED) is 0.446. The summed E-state index contributed by atoms with van der Waals surface area (Å²) >= 11 is 0. The zero-order valence-corrected chi connectivity index (χ0v) is 21.5. The summed E-state index contributed by atoms with van der Waals surface area (Å²) in [4.78, 5) is 26.4. The smallest absolute Gasteiger partial charge is 0.313 e. The summed E-state index contributed by atoms with van der Waals surface area (Å²) in [5, 5.41) is 12.5. The van der Waals surface area contributed by atoms with E-state index in [9.17, 15) is 14.7 Å². The van der Waals surface area contributed by atoms with Crippen molar-refractivity contribution in [1.29, 1.82) is 0 Å². The molecule has 0 amide bonds. The maximum absolute atomic E-state index is 13.4. The van der Waals surface area contributed by atoms with Crippen LogP contribution in [0.4, 0.5) is 0 Å². The molecule has 1 N–H and O–H groups in total. The van der Waals surface area contributed by atoms with E-state index in [1.807, 2.05) is 30.3 Å². The molecule has 3 atom stereocenters. The first-order chi connectivity index (χ1) is 18.4. The molecule has 1 aliphatic carbocycles. The third-order valence-corrected chi connectivity index (χ3v) is 7.17. The normalized spacial score (nSPS) is 21.7. The number of hydrogen-bond donors (Lipinski definition) is 1. The Hall–Kier alpha value is -4.24. The van der Waals surface area contributed by atoms with Gasteiger partial charge in [-0.3, -0.25) is 9.59 Å². The van der Waals surface area contributed by atoms with Crippen LogP contribution in [0.1, 0.15) is 27.0 Å². The van der Waals surface area contributed by atoms with Crippen molar-refractivity contribution in [2.24, 2.45) is 11.8 Å². The van der Waals surface area contributed by atoms with Crippen molar-refractivity contribution in [3.8, 4) is 28.7 Å². The molecule has 0 bridgehead atoms. The van der Waals surface area contributed by atoms with Crippen molar-refractivity contribution in [2.75, 3.05) is 35.0 Å². The molecule has 3 aromatic rings. The second-order valence-electron chi connectivity index (χ2n) is 9.08. The molecule has 0 spiro atoms. The van der Waals surface area contributed by atoms with E-state index in [0.29, 0.717) is 17.2 Å². The minimum atomic E-state index is -1.97. The molecule has 1 heterocycles. The van der Waals surface area contributed by atoms with Gasteiger partial charge in [0.25, 0.3) is 0 Å².